The molecule has 0 fully saturated rings. The molecule has 0 radical (unpaired) electrons. The summed E-state index contributed by atoms with van der Waals surface area (Å²) in [7, 11) is 0. The Kier molecular flexibility index (Phi) is 5.98. The lowest BCUT2D eigenvalue weighted by molar-refractivity contribution is -0.142. The fraction of sp³-hybridized carbons (Fsp3) is 0.800. The van der Waals surface area contributed by atoms with Crippen LogP contribution < -0.4 is 10.6 Å². The second-order valence-corrected chi connectivity index (χ2v) is 4.38. The highest BCUT2D eigenvalue weighted by Crippen LogP contribution is 2.06. The summed E-state index contributed by atoms with van der Waals surface area (Å²) >= 11 is 0. The van der Waals surface area contributed by atoms with E-state index in [9.17, 15) is 14.7 Å². The van der Waals surface area contributed by atoms with Gasteiger partial charge >= 0.3 is 5.97 Å². The maximum atomic E-state index is 11.2. The molecule has 0 aromatic heterocycles. The number of hydrogen-bond acceptors (Lipinski definition) is 4. The van der Waals surface area contributed by atoms with Crippen LogP contribution in [0.25, 0.3) is 0 Å². The van der Waals surface area contributed by atoms with Crippen LogP contribution in [0.1, 0.15) is 27.2 Å². The lowest BCUT2D eigenvalue weighted by Gasteiger charge is -2.21. The van der Waals surface area contributed by atoms with Crippen molar-refractivity contribution in [3.05, 3.63) is 0 Å². The SMILES string of the molecule is CC(C)NCC(=O)NCC(C)(O)CC(=O)O. The highest BCUT2D eigenvalue weighted by Gasteiger charge is 2.24. The number of nitrogens with one attached hydrogen (secondary N) is 2. The van der Waals surface area contributed by atoms with Crippen molar-refractivity contribution in [2.45, 2.75) is 38.8 Å². The third kappa shape index (κ3) is 8.19. The first-order valence-corrected chi connectivity index (χ1v) is 5.17. The summed E-state index contributed by atoms with van der Waals surface area (Å²) in [6.07, 6.45) is -0.398. The molecule has 6 nitrogen and oxygen atoms in total. The van der Waals surface area contributed by atoms with E-state index in [1.165, 1.54) is 6.92 Å². The monoisotopic (exact) mass is 232 g/mol. The van der Waals surface area contributed by atoms with Gasteiger partial charge in [-0.25, -0.2) is 0 Å². The van der Waals surface area contributed by atoms with Crippen LogP contribution in [0.3, 0.4) is 0 Å². The van der Waals surface area contributed by atoms with E-state index in [0.717, 1.165) is 0 Å². The smallest absolute Gasteiger partial charge is 0.306 e. The van der Waals surface area contributed by atoms with Gasteiger partial charge in [0.15, 0.2) is 0 Å². The minimum Gasteiger partial charge on any atom is -0.481 e. The van der Waals surface area contributed by atoms with Crippen molar-refractivity contribution in [3.63, 3.8) is 0 Å². The maximum Gasteiger partial charge on any atom is 0.306 e. The summed E-state index contributed by atoms with van der Waals surface area (Å²) in [6, 6.07) is 0.199. The summed E-state index contributed by atoms with van der Waals surface area (Å²) in [5.74, 6) is -1.36. The lowest BCUT2D eigenvalue weighted by Crippen LogP contribution is -2.45. The molecule has 0 saturated heterocycles. The molecule has 1 unspecified atom stereocenters. The molecule has 4 N–H and O–H groups in total. The Morgan fingerprint density at radius 3 is 2.38 bits per heavy atom. The summed E-state index contributed by atoms with van der Waals surface area (Å²) in [4.78, 5) is 21.6. The highest BCUT2D eigenvalue weighted by molar-refractivity contribution is 5.78. The Bertz CT molecular complexity index is 251. The minimum atomic E-state index is -1.42. The van der Waals surface area contributed by atoms with E-state index in [4.69, 9.17) is 5.11 Å². The number of carboxylic acid groups (broad SMARTS) is 1. The molecule has 6 heteroatoms. The van der Waals surface area contributed by atoms with Crippen molar-refractivity contribution < 1.29 is 19.8 Å². The molecule has 0 rings (SSSR count). The summed E-state index contributed by atoms with van der Waals surface area (Å²) in [6.45, 7) is 5.28. The standard InChI is InChI=1S/C10H20N2O4/c1-7(2)11-5-8(13)12-6-10(3,16)4-9(14)15/h7,11,16H,4-6H2,1-3H3,(H,12,13)(H,14,15). The zero-order valence-electron chi connectivity index (χ0n) is 9.91. The number of rotatable bonds is 7. The second-order valence-electron chi connectivity index (χ2n) is 4.38. The van der Waals surface area contributed by atoms with E-state index in [0.29, 0.717) is 0 Å². The van der Waals surface area contributed by atoms with Crippen LogP contribution in [0.5, 0.6) is 0 Å². The molecule has 0 saturated carbocycles. The number of aliphatic hydroxyl groups is 1. The van der Waals surface area contributed by atoms with E-state index >= 15 is 0 Å². The third-order valence-electron chi connectivity index (χ3n) is 1.87. The maximum absolute atomic E-state index is 11.2. The number of carboxylic acids is 1. The van der Waals surface area contributed by atoms with Gasteiger partial charge in [-0.05, 0) is 6.92 Å². The third-order valence-corrected chi connectivity index (χ3v) is 1.87. The molecular formula is C10H20N2O4. The molecular weight excluding hydrogens is 212 g/mol. The van der Waals surface area contributed by atoms with Gasteiger partial charge in [0, 0.05) is 12.6 Å². The van der Waals surface area contributed by atoms with Crippen molar-refractivity contribution in [1.29, 1.82) is 0 Å². The van der Waals surface area contributed by atoms with Crippen molar-refractivity contribution in [1.82, 2.24) is 10.6 Å². The zero-order valence-corrected chi connectivity index (χ0v) is 9.91. The molecule has 94 valence electrons. The van der Waals surface area contributed by atoms with Gasteiger partial charge in [-0.1, -0.05) is 13.8 Å². The fourth-order valence-corrected chi connectivity index (χ4v) is 1.04. The Hall–Kier alpha value is -1.14. The number of carbonyl (C=O) groups excluding carboxylic acids is 1. The minimum absolute atomic E-state index is 0.0715. The van der Waals surface area contributed by atoms with E-state index in [2.05, 4.69) is 10.6 Å². The van der Waals surface area contributed by atoms with Gasteiger partial charge in [-0.2, -0.15) is 0 Å². The lowest BCUT2D eigenvalue weighted by atomic mass is 10.0. The average Bonchev–Trinajstić information content (AvgIpc) is 2.09. The molecule has 0 aliphatic rings. The molecule has 0 aliphatic heterocycles. The van der Waals surface area contributed by atoms with E-state index in [1.54, 1.807) is 0 Å². The Labute approximate surface area is 95.0 Å². The molecule has 0 spiro atoms. The predicted molar refractivity (Wildman–Crippen MR) is 59.0 cm³/mol. The fourth-order valence-electron chi connectivity index (χ4n) is 1.04. The molecule has 1 amide bonds. The molecule has 0 aromatic carbocycles. The first kappa shape index (κ1) is 14.9. The van der Waals surface area contributed by atoms with Gasteiger partial charge in [0.25, 0.3) is 0 Å². The summed E-state index contributed by atoms with van der Waals surface area (Å²) in [5, 5.41) is 23.5. The molecule has 0 bridgehead atoms. The van der Waals surface area contributed by atoms with E-state index in [-0.39, 0.29) is 25.0 Å². The molecule has 1 atom stereocenters. The van der Waals surface area contributed by atoms with Crippen molar-refractivity contribution in [3.8, 4) is 0 Å². The van der Waals surface area contributed by atoms with Gasteiger partial charge < -0.3 is 20.8 Å². The predicted octanol–water partition coefficient (Wildman–Crippen LogP) is -0.674. The number of hydrogen-bond donors (Lipinski definition) is 4. The Balaban J connectivity index is 3.86. The quantitative estimate of drug-likeness (QED) is 0.466. The largest absolute Gasteiger partial charge is 0.481 e. The molecule has 0 heterocycles. The Morgan fingerprint density at radius 2 is 1.94 bits per heavy atom. The molecule has 0 aliphatic carbocycles. The first-order valence-electron chi connectivity index (χ1n) is 5.17. The normalized spacial score (nSPS) is 14.6. The Morgan fingerprint density at radius 1 is 1.38 bits per heavy atom. The van der Waals surface area contributed by atoms with E-state index in [1.807, 2.05) is 13.8 Å². The van der Waals surface area contributed by atoms with Crippen molar-refractivity contribution in [2.24, 2.45) is 0 Å². The van der Waals surface area contributed by atoms with Crippen LogP contribution in [0.2, 0.25) is 0 Å². The van der Waals surface area contributed by atoms with Gasteiger partial charge in [-0.3, -0.25) is 9.59 Å². The molecule has 16 heavy (non-hydrogen) atoms. The van der Waals surface area contributed by atoms with Crippen LogP contribution in [-0.4, -0.2) is 46.8 Å². The average molecular weight is 232 g/mol. The summed E-state index contributed by atoms with van der Waals surface area (Å²) < 4.78 is 0. The zero-order chi connectivity index (χ0) is 12.8. The van der Waals surface area contributed by atoms with Crippen molar-refractivity contribution in [2.75, 3.05) is 13.1 Å². The van der Waals surface area contributed by atoms with Gasteiger partial charge in [0.2, 0.25) is 5.91 Å². The van der Waals surface area contributed by atoms with Gasteiger partial charge in [0.05, 0.1) is 18.6 Å². The van der Waals surface area contributed by atoms with Gasteiger partial charge in [0.1, 0.15) is 0 Å². The van der Waals surface area contributed by atoms with Crippen LogP contribution in [0.4, 0.5) is 0 Å². The van der Waals surface area contributed by atoms with Crippen LogP contribution in [-0.2, 0) is 9.59 Å². The van der Waals surface area contributed by atoms with Crippen LogP contribution in [0, 0.1) is 0 Å². The number of aliphatic carboxylic acids is 1. The van der Waals surface area contributed by atoms with Crippen LogP contribution in [0.15, 0.2) is 0 Å². The second kappa shape index (κ2) is 6.44. The first-order chi connectivity index (χ1) is 7.23. The van der Waals surface area contributed by atoms with Crippen LogP contribution >= 0.6 is 0 Å². The number of amides is 1. The highest BCUT2D eigenvalue weighted by atomic mass is 16.4. The molecule has 0 aromatic rings. The summed E-state index contributed by atoms with van der Waals surface area (Å²) in [5.41, 5.74) is -1.42. The van der Waals surface area contributed by atoms with Crippen molar-refractivity contribution >= 4 is 11.9 Å². The van der Waals surface area contributed by atoms with Gasteiger partial charge in [-0.15, -0.1) is 0 Å². The number of carbonyl (C=O) groups is 2. The van der Waals surface area contributed by atoms with E-state index < -0.39 is 18.0 Å². The topological polar surface area (TPSA) is 98.7 Å².